The highest BCUT2D eigenvalue weighted by molar-refractivity contribution is 5.94. The van der Waals surface area contributed by atoms with E-state index in [1.54, 1.807) is 97.1 Å². The third-order valence-electron chi connectivity index (χ3n) is 12.7. The Bertz CT molecular complexity index is 2680. The monoisotopic (exact) mass is 1030 g/mol. The highest BCUT2D eigenvalue weighted by Gasteiger charge is 2.15. The number of hydrogen-bond donors (Lipinski definition) is 0. The van der Waals surface area contributed by atoms with Gasteiger partial charge in [0, 0.05) is 6.07 Å². The summed E-state index contributed by atoms with van der Waals surface area (Å²) in [7, 11) is 0. The highest BCUT2D eigenvalue weighted by Crippen LogP contribution is 2.27. The van der Waals surface area contributed by atoms with E-state index in [-0.39, 0.29) is 28.4 Å². The molecule has 0 fully saturated rings. The number of hydrogen-bond acceptors (Lipinski definition) is 12. The molecule has 12 nitrogen and oxygen atoms in total. The first-order valence-electron chi connectivity index (χ1n) is 27.4. The molecule has 0 unspecified atom stereocenters. The SMILES string of the molecule is CCCCCCCCCCCCOc1ccc(C(=O)Oc2ccc(C(=O)Oc3ccc(N=Nc4cccc(OC(=O)c5ccc(OC(=O)c6ccc(OCCCCCCCCCCCC)cc6)cc5)c4)cc3)cc2)cc1. The van der Waals surface area contributed by atoms with Crippen LogP contribution in [0.25, 0.3) is 0 Å². The van der Waals surface area contributed by atoms with Crippen molar-refractivity contribution in [1.29, 1.82) is 0 Å². The highest BCUT2D eigenvalue weighted by atomic mass is 16.5. The summed E-state index contributed by atoms with van der Waals surface area (Å²) in [6.07, 6.45) is 25.3. The molecule has 400 valence electrons. The van der Waals surface area contributed by atoms with Crippen molar-refractivity contribution < 1.29 is 47.6 Å². The summed E-state index contributed by atoms with van der Waals surface area (Å²) in [5.74, 6) is 0.272. The topological polar surface area (TPSA) is 148 Å². The molecule has 76 heavy (non-hydrogen) atoms. The summed E-state index contributed by atoms with van der Waals surface area (Å²) in [4.78, 5) is 51.6. The lowest BCUT2D eigenvalue weighted by Crippen LogP contribution is -2.10. The molecule has 0 saturated heterocycles. The molecule has 6 aromatic carbocycles. The van der Waals surface area contributed by atoms with Crippen LogP contribution in [0.2, 0.25) is 0 Å². The molecule has 6 rings (SSSR count). The van der Waals surface area contributed by atoms with E-state index in [1.807, 2.05) is 0 Å². The van der Waals surface area contributed by atoms with Crippen molar-refractivity contribution >= 4 is 35.3 Å². The Morgan fingerprint density at radius 3 is 0.947 bits per heavy atom. The zero-order valence-electron chi connectivity index (χ0n) is 44.4. The molecule has 0 saturated carbocycles. The van der Waals surface area contributed by atoms with E-state index in [1.165, 1.54) is 151 Å². The molecule has 0 atom stereocenters. The first-order valence-corrected chi connectivity index (χ1v) is 27.4. The molecule has 0 N–H and O–H groups in total. The van der Waals surface area contributed by atoms with Crippen LogP contribution in [0.15, 0.2) is 156 Å². The second-order valence-electron chi connectivity index (χ2n) is 18.9. The maximum Gasteiger partial charge on any atom is 0.343 e. The zero-order valence-corrected chi connectivity index (χ0v) is 44.4. The van der Waals surface area contributed by atoms with Crippen LogP contribution < -0.4 is 28.4 Å². The number of carbonyl (C=O) groups is 4. The zero-order chi connectivity index (χ0) is 53.4. The molecular weight excluding hydrogens is 957 g/mol. The Labute approximate surface area is 449 Å². The van der Waals surface area contributed by atoms with E-state index >= 15 is 0 Å². The van der Waals surface area contributed by atoms with Crippen molar-refractivity contribution in [3.05, 3.63) is 168 Å². The van der Waals surface area contributed by atoms with Crippen LogP contribution in [-0.4, -0.2) is 37.1 Å². The smallest absolute Gasteiger partial charge is 0.343 e. The van der Waals surface area contributed by atoms with Crippen LogP contribution in [0.3, 0.4) is 0 Å². The van der Waals surface area contributed by atoms with E-state index in [0.717, 1.165) is 25.7 Å². The molecule has 0 spiro atoms. The molecule has 0 heterocycles. The number of carbonyl (C=O) groups excluding carboxylic acids is 4. The van der Waals surface area contributed by atoms with Crippen molar-refractivity contribution in [2.75, 3.05) is 13.2 Å². The summed E-state index contributed by atoms with van der Waals surface area (Å²) < 4.78 is 34.0. The van der Waals surface area contributed by atoms with E-state index in [4.69, 9.17) is 28.4 Å². The normalized spacial score (nSPS) is 11.0. The van der Waals surface area contributed by atoms with Gasteiger partial charge in [-0.1, -0.05) is 135 Å². The Morgan fingerprint density at radius 2 is 0.592 bits per heavy atom. The van der Waals surface area contributed by atoms with Crippen LogP contribution in [0, 0.1) is 0 Å². The lowest BCUT2D eigenvalue weighted by molar-refractivity contribution is 0.0720. The molecule has 12 heteroatoms. The number of ether oxygens (including phenoxy) is 6. The fourth-order valence-electron chi connectivity index (χ4n) is 8.22. The molecule has 0 aliphatic heterocycles. The van der Waals surface area contributed by atoms with Gasteiger partial charge in [0.1, 0.15) is 34.5 Å². The van der Waals surface area contributed by atoms with Gasteiger partial charge in [0.15, 0.2) is 0 Å². The van der Waals surface area contributed by atoms with Gasteiger partial charge in [0.05, 0.1) is 46.8 Å². The van der Waals surface area contributed by atoms with Gasteiger partial charge in [-0.05, 0) is 146 Å². The average molecular weight is 1030 g/mol. The molecule has 6 aromatic rings. The predicted octanol–water partition coefficient (Wildman–Crippen LogP) is 17.6. The van der Waals surface area contributed by atoms with Crippen molar-refractivity contribution in [2.45, 2.75) is 142 Å². The summed E-state index contributed by atoms with van der Waals surface area (Å²) in [5, 5.41) is 8.54. The second-order valence-corrected chi connectivity index (χ2v) is 18.9. The number of rotatable bonds is 34. The minimum Gasteiger partial charge on any atom is -0.494 e. The van der Waals surface area contributed by atoms with E-state index < -0.39 is 23.9 Å². The van der Waals surface area contributed by atoms with Crippen LogP contribution in [0.1, 0.15) is 184 Å². The van der Waals surface area contributed by atoms with Gasteiger partial charge in [0.25, 0.3) is 0 Å². The maximum absolute atomic E-state index is 13.0. The molecule has 0 aliphatic carbocycles. The first kappa shape index (κ1) is 57.7. The minimum atomic E-state index is -0.609. The standard InChI is InChI=1S/C64H74N2O10/c1-3-5-7-9-11-13-15-17-19-21-46-71-55-36-26-49(27-37-55)61(67)73-57-40-30-51(31-41-57)63(69)75-59-44-34-53(35-45-59)65-66-54-24-23-25-60(48-54)76-64(70)52-32-42-58(43-33-52)74-62(68)50-28-38-56(39-29-50)72-47-22-20-18-16-14-12-10-8-6-4-2/h23-45,48H,3-22,46-47H2,1-2H3. The number of nitrogens with zero attached hydrogens (tertiary/aromatic N) is 2. The molecule has 0 aromatic heterocycles. The molecule has 0 amide bonds. The van der Waals surface area contributed by atoms with Gasteiger partial charge in [-0.15, -0.1) is 0 Å². The van der Waals surface area contributed by atoms with Gasteiger partial charge in [-0.2, -0.15) is 10.2 Å². The first-order chi connectivity index (χ1) is 37.3. The van der Waals surface area contributed by atoms with Gasteiger partial charge in [-0.25, -0.2) is 19.2 Å². The Kier molecular flexibility index (Phi) is 25.3. The average Bonchev–Trinajstić information content (AvgIpc) is 3.44. The minimum absolute atomic E-state index is 0.256. The predicted molar refractivity (Wildman–Crippen MR) is 297 cm³/mol. The molecular formula is C64H74N2O10. The van der Waals surface area contributed by atoms with Crippen LogP contribution in [0.5, 0.6) is 34.5 Å². The van der Waals surface area contributed by atoms with Gasteiger partial charge in [0.2, 0.25) is 0 Å². The lowest BCUT2D eigenvalue weighted by Gasteiger charge is -2.08. The molecule has 0 bridgehead atoms. The van der Waals surface area contributed by atoms with Crippen LogP contribution >= 0.6 is 0 Å². The van der Waals surface area contributed by atoms with Crippen molar-refractivity contribution in [2.24, 2.45) is 10.2 Å². The summed E-state index contributed by atoms with van der Waals surface area (Å²) in [6, 6.07) is 39.0. The van der Waals surface area contributed by atoms with E-state index in [9.17, 15) is 19.2 Å². The van der Waals surface area contributed by atoms with Gasteiger partial charge in [-0.3, -0.25) is 0 Å². The van der Waals surface area contributed by atoms with Crippen molar-refractivity contribution in [1.82, 2.24) is 0 Å². The number of azo groups is 1. The van der Waals surface area contributed by atoms with Crippen LogP contribution in [-0.2, 0) is 0 Å². The maximum atomic E-state index is 13.0. The fraction of sp³-hybridized carbons (Fsp3) is 0.375. The van der Waals surface area contributed by atoms with Crippen LogP contribution in [0.4, 0.5) is 11.4 Å². The van der Waals surface area contributed by atoms with Crippen molar-refractivity contribution in [3.63, 3.8) is 0 Å². The number of benzene rings is 6. The Morgan fingerprint density at radius 1 is 0.303 bits per heavy atom. The molecule has 0 radical (unpaired) electrons. The Balaban J connectivity index is 0.860. The lowest BCUT2D eigenvalue weighted by atomic mass is 10.1. The fourth-order valence-corrected chi connectivity index (χ4v) is 8.22. The summed E-state index contributed by atoms with van der Waals surface area (Å²) in [5.41, 5.74) is 2.21. The summed E-state index contributed by atoms with van der Waals surface area (Å²) in [6.45, 7) is 5.77. The van der Waals surface area contributed by atoms with E-state index in [0.29, 0.717) is 53.0 Å². The van der Waals surface area contributed by atoms with Crippen molar-refractivity contribution in [3.8, 4) is 34.5 Å². The summed E-state index contributed by atoms with van der Waals surface area (Å²) >= 11 is 0. The second kappa shape index (κ2) is 33.3. The van der Waals surface area contributed by atoms with Gasteiger partial charge >= 0.3 is 23.9 Å². The third kappa shape index (κ3) is 21.3. The largest absolute Gasteiger partial charge is 0.494 e. The third-order valence-corrected chi connectivity index (χ3v) is 12.7. The molecule has 0 aliphatic rings. The number of esters is 4. The van der Waals surface area contributed by atoms with Gasteiger partial charge < -0.3 is 28.4 Å². The quantitative estimate of drug-likeness (QED) is 0.0165. The Hall–Kier alpha value is -7.60. The van der Waals surface area contributed by atoms with E-state index in [2.05, 4.69) is 24.1 Å². The number of unbranched alkanes of at least 4 members (excludes halogenated alkanes) is 18.